The molecule has 0 amide bonds. The highest BCUT2D eigenvalue weighted by atomic mass is 16.5. The lowest BCUT2D eigenvalue weighted by atomic mass is 9.76. The van der Waals surface area contributed by atoms with Gasteiger partial charge in [-0.2, -0.15) is 0 Å². The van der Waals surface area contributed by atoms with E-state index in [4.69, 9.17) is 9.47 Å². The maximum atomic E-state index is 13.0. The third-order valence-electron chi connectivity index (χ3n) is 7.57. The van der Waals surface area contributed by atoms with Gasteiger partial charge >= 0.3 is 0 Å². The molecule has 186 valence electrons. The minimum absolute atomic E-state index is 0.222. The summed E-state index contributed by atoms with van der Waals surface area (Å²) >= 11 is 0. The normalized spacial score (nSPS) is 16.7. The van der Waals surface area contributed by atoms with Crippen molar-refractivity contribution in [1.82, 2.24) is 9.55 Å². The zero-order valence-electron chi connectivity index (χ0n) is 21.0. The molecule has 7 nitrogen and oxygen atoms in total. The number of hydrogen-bond donors (Lipinski definition) is 1. The molecule has 1 N–H and O–H groups in total. The van der Waals surface area contributed by atoms with Gasteiger partial charge in [-0.1, -0.05) is 42.2 Å². The minimum atomic E-state index is -1.08. The number of rotatable bonds is 4. The molecule has 0 bridgehead atoms. The summed E-state index contributed by atoms with van der Waals surface area (Å²) in [6, 6.07) is 13.9. The van der Waals surface area contributed by atoms with E-state index in [1.165, 1.54) is 24.4 Å². The van der Waals surface area contributed by atoms with Crippen LogP contribution >= 0.6 is 0 Å². The van der Waals surface area contributed by atoms with Crippen molar-refractivity contribution in [2.75, 3.05) is 32.2 Å². The molecule has 0 radical (unpaired) electrons. The summed E-state index contributed by atoms with van der Waals surface area (Å²) in [5.74, 6) is 7.30. The average Bonchev–Trinajstić information content (AvgIpc) is 3.27. The molecule has 2 aromatic carbocycles. The molecule has 2 aliphatic rings. The van der Waals surface area contributed by atoms with Crippen LogP contribution in [0.2, 0.25) is 0 Å². The Morgan fingerprint density at radius 2 is 1.69 bits per heavy atom. The Morgan fingerprint density at radius 3 is 2.33 bits per heavy atom. The molecule has 3 aromatic rings. The van der Waals surface area contributed by atoms with Crippen molar-refractivity contribution < 1.29 is 14.6 Å². The Bertz CT molecular complexity index is 1370. The van der Waals surface area contributed by atoms with Crippen LogP contribution < -0.4 is 19.9 Å². The molecule has 1 fully saturated rings. The zero-order valence-corrected chi connectivity index (χ0v) is 21.0. The van der Waals surface area contributed by atoms with Crippen LogP contribution in [0.15, 0.2) is 53.5 Å². The van der Waals surface area contributed by atoms with Crippen LogP contribution in [0, 0.1) is 17.3 Å². The van der Waals surface area contributed by atoms with Crippen LogP contribution in [-0.4, -0.2) is 42.0 Å². The summed E-state index contributed by atoms with van der Waals surface area (Å²) in [4.78, 5) is 19.8. The molecular weight excluding hydrogens is 454 g/mol. The second-order valence-electron chi connectivity index (χ2n) is 9.73. The minimum Gasteiger partial charge on any atom is -0.493 e. The Morgan fingerprint density at radius 1 is 1.03 bits per heavy atom. The quantitative estimate of drug-likeness (QED) is 0.572. The fourth-order valence-corrected chi connectivity index (χ4v) is 5.48. The molecule has 36 heavy (non-hydrogen) atoms. The van der Waals surface area contributed by atoms with Gasteiger partial charge in [-0.05, 0) is 59.9 Å². The molecule has 1 atom stereocenters. The Kier molecular flexibility index (Phi) is 6.46. The van der Waals surface area contributed by atoms with Crippen molar-refractivity contribution in [2.45, 2.75) is 31.8 Å². The van der Waals surface area contributed by atoms with Gasteiger partial charge in [0, 0.05) is 20.1 Å². The molecule has 5 rings (SSSR count). The highest BCUT2D eigenvalue weighted by molar-refractivity contribution is 5.46. The Labute approximate surface area is 211 Å². The van der Waals surface area contributed by atoms with E-state index < -0.39 is 6.10 Å². The molecule has 2 heterocycles. The maximum absolute atomic E-state index is 13.0. The number of piperidine rings is 1. The van der Waals surface area contributed by atoms with E-state index in [1.807, 2.05) is 0 Å². The number of benzene rings is 2. The maximum Gasteiger partial charge on any atom is 0.270 e. The fourth-order valence-electron chi connectivity index (χ4n) is 5.48. The fraction of sp³-hybridized carbons (Fsp3) is 0.379. The highest BCUT2D eigenvalue weighted by Crippen LogP contribution is 2.44. The first-order valence-corrected chi connectivity index (χ1v) is 12.2. The number of hydrogen-bond acceptors (Lipinski definition) is 6. The summed E-state index contributed by atoms with van der Waals surface area (Å²) in [5, 5.41) is 10.5. The lowest BCUT2D eigenvalue weighted by molar-refractivity contribution is 0.231. The van der Waals surface area contributed by atoms with Gasteiger partial charge in [-0.15, -0.1) is 0 Å². The number of aliphatic hydroxyl groups is 1. The number of nitrogens with zero attached hydrogens (tertiary/aromatic N) is 3. The van der Waals surface area contributed by atoms with Crippen LogP contribution in [0.1, 0.15) is 41.2 Å². The van der Waals surface area contributed by atoms with Crippen LogP contribution in [0.3, 0.4) is 0 Å². The molecule has 1 spiro atoms. The first-order chi connectivity index (χ1) is 17.4. The molecule has 0 saturated carbocycles. The van der Waals surface area contributed by atoms with E-state index in [9.17, 15) is 9.90 Å². The van der Waals surface area contributed by atoms with E-state index in [0.717, 1.165) is 38.8 Å². The standard InChI is InChI=1S/C29H31N3O4/c1-31-27(34)23(8-10-24(33)20-9-11-25(35-2)26(16-20)36-3)19-30-28(31)32-14-12-29(13-15-32)17-21-6-4-5-7-22(21)18-29/h4-7,9,11,16,19,24,33H,12-15,17-18H2,1-3H3. The van der Waals surface area contributed by atoms with Crippen LogP contribution in [0.5, 0.6) is 11.5 Å². The van der Waals surface area contributed by atoms with Gasteiger partial charge in [0.05, 0.1) is 20.4 Å². The average molecular weight is 486 g/mol. The van der Waals surface area contributed by atoms with Gasteiger partial charge in [0.2, 0.25) is 5.95 Å². The van der Waals surface area contributed by atoms with Crippen molar-refractivity contribution in [3.8, 4) is 23.3 Å². The van der Waals surface area contributed by atoms with E-state index in [2.05, 4.69) is 46.0 Å². The number of fused-ring (bicyclic) bond motifs is 1. The molecular formula is C29H31N3O4. The first-order valence-electron chi connectivity index (χ1n) is 12.2. The first kappa shape index (κ1) is 24.0. The summed E-state index contributed by atoms with van der Waals surface area (Å²) in [5.41, 5.74) is 3.87. The van der Waals surface area contributed by atoms with Crippen molar-refractivity contribution in [3.63, 3.8) is 0 Å². The predicted octanol–water partition coefficient (Wildman–Crippen LogP) is 3.27. The number of anilines is 1. The Balaban J connectivity index is 1.29. The van der Waals surface area contributed by atoms with E-state index in [1.54, 1.807) is 36.9 Å². The summed E-state index contributed by atoms with van der Waals surface area (Å²) in [6.45, 7) is 1.74. The largest absolute Gasteiger partial charge is 0.493 e. The van der Waals surface area contributed by atoms with E-state index >= 15 is 0 Å². The topological polar surface area (TPSA) is 76.8 Å². The van der Waals surface area contributed by atoms with Gasteiger partial charge in [0.25, 0.3) is 5.56 Å². The molecule has 1 aromatic heterocycles. The van der Waals surface area contributed by atoms with E-state index in [0.29, 0.717) is 28.4 Å². The lowest BCUT2D eigenvalue weighted by Gasteiger charge is -2.40. The molecule has 1 unspecified atom stereocenters. The van der Waals surface area contributed by atoms with Crippen molar-refractivity contribution in [2.24, 2.45) is 12.5 Å². The second kappa shape index (κ2) is 9.71. The number of ether oxygens (including phenoxy) is 2. The summed E-state index contributed by atoms with van der Waals surface area (Å²) < 4.78 is 12.1. The second-order valence-corrected chi connectivity index (χ2v) is 9.73. The van der Waals surface area contributed by atoms with Crippen LogP contribution in [0.4, 0.5) is 5.95 Å². The summed E-state index contributed by atoms with van der Waals surface area (Å²) in [6.07, 6.45) is 4.87. The van der Waals surface area contributed by atoms with Gasteiger partial charge < -0.3 is 19.5 Å². The molecule has 1 aliphatic carbocycles. The molecule has 7 heteroatoms. The smallest absolute Gasteiger partial charge is 0.270 e. The number of methoxy groups -OCH3 is 2. The monoisotopic (exact) mass is 485 g/mol. The van der Waals surface area contributed by atoms with Crippen molar-refractivity contribution in [3.05, 3.63) is 81.3 Å². The number of aromatic nitrogens is 2. The zero-order chi connectivity index (χ0) is 25.3. The third kappa shape index (κ3) is 4.45. The number of aliphatic hydroxyl groups excluding tert-OH is 1. The van der Waals surface area contributed by atoms with Crippen LogP contribution in [0.25, 0.3) is 0 Å². The highest BCUT2D eigenvalue weighted by Gasteiger charge is 2.40. The lowest BCUT2D eigenvalue weighted by Crippen LogP contribution is -2.43. The summed E-state index contributed by atoms with van der Waals surface area (Å²) in [7, 11) is 4.82. The predicted molar refractivity (Wildman–Crippen MR) is 139 cm³/mol. The Hall–Kier alpha value is -3.76. The van der Waals surface area contributed by atoms with Gasteiger partial charge in [-0.3, -0.25) is 9.36 Å². The molecule has 1 aliphatic heterocycles. The third-order valence-corrected chi connectivity index (χ3v) is 7.57. The van der Waals surface area contributed by atoms with Crippen molar-refractivity contribution >= 4 is 5.95 Å². The van der Waals surface area contributed by atoms with E-state index in [-0.39, 0.29) is 11.1 Å². The van der Waals surface area contributed by atoms with Gasteiger partial charge in [0.15, 0.2) is 11.5 Å². The van der Waals surface area contributed by atoms with Crippen LogP contribution in [-0.2, 0) is 19.9 Å². The van der Waals surface area contributed by atoms with Crippen molar-refractivity contribution in [1.29, 1.82) is 0 Å². The van der Waals surface area contributed by atoms with Gasteiger partial charge in [-0.25, -0.2) is 4.98 Å². The molecule has 1 saturated heterocycles. The SMILES string of the molecule is COc1ccc(C(O)C#Cc2cnc(N3CCC4(CC3)Cc3ccccc3C4)n(C)c2=O)cc1OC. The van der Waals surface area contributed by atoms with Gasteiger partial charge in [0.1, 0.15) is 11.7 Å².